The van der Waals surface area contributed by atoms with E-state index in [1.807, 2.05) is 12.1 Å². The van der Waals surface area contributed by atoms with Crippen molar-refractivity contribution in [2.24, 2.45) is 0 Å². The van der Waals surface area contributed by atoms with Gasteiger partial charge in [0.15, 0.2) is 0 Å². The van der Waals surface area contributed by atoms with Crippen molar-refractivity contribution in [2.75, 3.05) is 12.8 Å². The molecule has 1 aromatic heterocycles. The van der Waals surface area contributed by atoms with Crippen LogP contribution in [0.2, 0.25) is 0 Å². The Balaban J connectivity index is 1.67. The number of aliphatic hydroxyl groups is 1. The minimum absolute atomic E-state index is 0.344. The summed E-state index contributed by atoms with van der Waals surface area (Å²) in [5.74, 6) is 0. The summed E-state index contributed by atoms with van der Waals surface area (Å²) in [5, 5.41) is 13.8. The van der Waals surface area contributed by atoms with Crippen molar-refractivity contribution in [3.63, 3.8) is 0 Å². The minimum atomic E-state index is -0.487. The Labute approximate surface area is 136 Å². The monoisotopic (exact) mass is 314 g/mol. The molecule has 0 amide bonds. The van der Waals surface area contributed by atoms with E-state index in [1.54, 1.807) is 24.2 Å². The third kappa shape index (κ3) is 3.51. The highest BCUT2D eigenvalue weighted by Crippen LogP contribution is 2.32. The van der Waals surface area contributed by atoms with Crippen molar-refractivity contribution in [1.29, 1.82) is 0 Å². The second kappa shape index (κ2) is 7.27. The minimum Gasteiger partial charge on any atom is -0.387 e. The summed E-state index contributed by atoms with van der Waals surface area (Å²) in [4.78, 5) is 5.32. The van der Waals surface area contributed by atoms with Crippen molar-refractivity contribution < 1.29 is 5.11 Å². The van der Waals surface area contributed by atoms with E-state index in [-0.39, 0.29) is 0 Å². The number of hydrogen-bond acceptors (Lipinski definition) is 4. The van der Waals surface area contributed by atoms with Crippen LogP contribution < -0.4 is 5.32 Å². The zero-order valence-corrected chi connectivity index (χ0v) is 13.6. The standard InChI is InChI=1S/C18H22N2OS/c1-22-15-5-6-16-14(11-15)3-2-4-17(16)20-12-18(21)13-7-9-19-10-8-13/h5-11,17-18,20-21H,2-4,12H2,1H3. The van der Waals surface area contributed by atoms with E-state index in [1.165, 1.54) is 22.4 Å². The van der Waals surface area contributed by atoms with Gasteiger partial charge in [-0.25, -0.2) is 0 Å². The number of nitrogens with zero attached hydrogens (tertiary/aromatic N) is 1. The van der Waals surface area contributed by atoms with Crippen molar-refractivity contribution >= 4 is 11.8 Å². The number of benzene rings is 1. The van der Waals surface area contributed by atoms with E-state index in [4.69, 9.17) is 0 Å². The summed E-state index contributed by atoms with van der Waals surface area (Å²) < 4.78 is 0. The van der Waals surface area contributed by atoms with Crippen LogP contribution >= 0.6 is 11.8 Å². The summed E-state index contributed by atoms with van der Waals surface area (Å²) >= 11 is 1.79. The summed E-state index contributed by atoms with van der Waals surface area (Å²) in [7, 11) is 0. The SMILES string of the molecule is CSc1ccc2c(c1)CCCC2NCC(O)c1ccncc1. The highest BCUT2D eigenvalue weighted by molar-refractivity contribution is 7.98. The largest absolute Gasteiger partial charge is 0.387 e. The first-order chi connectivity index (χ1) is 10.8. The molecule has 0 fully saturated rings. The van der Waals surface area contributed by atoms with Crippen LogP contribution in [-0.2, 0) is 6.42 Å². The molecule has 116 valence electrons. The smallest absolute Gasteiger partial charge is 0.0915 e. The van der Waals surface area contributed by atoms with Gasteiger partial charge in [-0.15, -0.1) is 11.8 Å². The van der Waals surface area contributed by atoms with Gasteiger partial charge in [0, 0.05) is 29.9 Å². The maximum Gasteiger partial charge on any atom is 0.0915 e. The van der Waals surface area contributed by atoms with Gasteiger partial charge >= 0.3 is 0 Å². The first-order valence-electron chi connectivity index (χ1n) is 7.76. The highest BCUT2D eigenvalue weighted by Gasteiger charge is 2.21. The molecule has 3 rings (SSSR count). The fourth-order valence-corrected chi connectivity index (χ4v) is 3.55. The van der Waals surface area contributed by atoms with Crippen LogP contribution in [0.4, 0.5) is 0 Å². The first-order valence-corrected chi connectivity index (χ1v) is 8.98. The Hall–Kier alpha value is -1.36. The number of nitrogens with one attached hydrogen (secondary N) is 1. The summed E-state index contributed by atoms with van der Waals surface area (Å²) in [6.07, 6.45) is 8.57. The van der Waals surface area contributed by atoms with Gasteiger partial charge in [0.05, 0.1) is 6.10 Å². The van der Waals surface area contributed by atoms with Gasteiger partial charge in [0.25, 0.3) is 0 Å². The molecule has 1 aromatic carbocycles. The number of pyridine rings is 1. The van der Waals surface area contributed by atoms with E-state index >= 15 is 0 Å². The molecule has 1 aliphatic carbocycles. The fraction of sp³-hybridized carbons (Fsp3) is 0.389. The number of thioether (sulfide) groups is 1. The second-order valence-corrected chi connectivity index (χ2v) is 6.59. The molecule has 0 radical (unpaired) electrons. The molecule has 2 aromatic rings. The molecule has 3 nitrogen and oxygen atoms in total. The molecule has 1 aliphatic rings. The van der Waals surface area contributed by atoms with Gasteiger partial charge < -0.3 is 10.4 Å². The molecule has 0 bridgehead atoms. The molecule has 0 saturated carbocycles. The average Bonchev–Trinajstić information content (AvgIpc) is 2.59. The van der Waals surface area contributed by atoms with Crippen molar-refractivity contribution in [3.8, 4) is 0 Å². The molecule has 2 atom stereocenters. The van der Waals surface area contributed by atoms with Crippen LogP contribution in [0.25, 0.3) is 0 Å². The lowest BCUT2D eigenvalue weighted by Crippen LogP contribution is -2.29. The predicted molar refractivity (Wildman–Crippen MR) is 91.1 cm³/mol. The van der Waals surface area contributed by atoms with Crippen LogP contribution in [0.3, 0.4) is 0 Å². The first kappa shape index (κ1) is 15.5. The number of fused-ring (bicyclic) bond motifs is 1. The molecule has 22 heavy (non-hydrogen) atoms. The zero-order valence-electron chi connectivity index (χ0n) is 12.8. The van der Waals surface area contributed by atoms with Gasteiger partial charge in [0.1, 0.15) is 0 Å². The third-order valence-electron chi connectivity index (χ3n) is 4.31. The zero-order chi connectivity index (χ0) is 15.4. The van der Waals surface area contributed by atoms with Crippen molar-refractivity contribution in [1.82, 2.24) is 10.3 Å². The normalized spacial score (nSPS) is 18.7. The molecule has 0 spiro atoms. The van der Waals surface area contributed by atoms with Crippen molar-refractivity contribution in [3.05, 3.63) is 59.4 Å². The van der Waals surface area contributed by atoms with Crippen LogP contribution in [0, 0.1) is 0 Å². The Morgan fingerprint density at radius 3 is 2.91 bits per heavy atom. The summed E-state index contributed by atoms with van der Waals surface area (Å²) in [6.45, 7) is 0.568. The van der Waals surface area contributed by atoms with Crippen LogP contribution in [0.1, 0.15) is 41.7 Å². The molecule has 2 unspecified atom stereocenters. The molecule has 4 heteroatoms. The van der Waals surface area contributed by atoms with Gasteiger partial charge in [-0.2, -0.15) is 0 Å². The number of rotatable bonds is 5. The van der Waals surface area contributed by atoms with Crippen LogP contribution in [0.5, 0.6) is 0 Å². The highest BCUT2D eigenvalue weighted by atomic mass is 32.2. The average molecular weight is 314 g/mol. The maximum atomic E-state index is 10.3. The van der Waals surface area contributed by atoms with E-state index in [0.717, 1.165) is 18.4 Å². The molecular formula is C18H22N2OS. The number of aryl methyl sites for hydroxylation is 1. The number of aliphatic hydroxyl groups excluding tert-OH is 1. The second-order valence-electron chi connectivity index (χ2n) is 5.71. The van der Waals surface area contributed by atoms with Crippen molar-refractivity contribution in [2.45, 2.75) is 36.3 Å². The van der Waals surface area contributed by atoms with Gasteiger partial charge in [-0.3, -0.25) is 4.98 Å². The number of hydrogen-bond donors (Lipinski definition) is 2. The summed E-state index contributed by atoms with van der Waals surface area (Å²) in [6, 6.07) is 10.8. The Kier molecular flexibility index (Phi) is 5.13. The molecule has 1 heterocycles. The summed E-state index contributed by atoms with van der Waals surface area (Å²) in [5.41, 5.74) is 3.76. The lowest BCUT2D eigenvalue weighted by molar-refractivity contribution is 0.168. The lowest BCUT2D eigenvalue weighted by atomic mass is 9.87. The Bertz CT molecular complexity index is 618. The Morgan fingerprint density at radius 1 is 1.32 bits per heavy atom. The fourth-order valence-electron chi connectivity index (χ4n) is 3.09. The molecule has 2 N–H and O–H groups in total. The Morgan fingerprint density at radius 2 is 2.14 bits per heavy atom. The quantitative estimate of drug-likeness (QED) is 0.829. The third-order valence-corrected chi connectivity index (χ3v) is 5.04. The maximum absolute atomic E-state index is 10.3. The van der Waals surface area contributed by atoms with Crippen LogP contribution in [-0.4, -0.2) is 22.9 Å². The predicted octanol–water partition coefficient (Wildman–Crippen LogP) is 3.50. The van der Waals surface area contributed by atoms with Gasteiger partial charge in [-0.05, 0) is 66.5 Å². The number of aromatic nitrogens is 1. The van der Waals surface area contributed by atoms with E-state index in [0.29, 0.717) is 12.6 Å². The van der Waals surface area contributed by atoms with E-state index < -0.39 is 6.10 Å². The van der Waals surface area contributed by atoms with Gasteiger partial charge in [-0.1, -0.05) is 6.07 Å². The van der Waals surface area contributed by atoms with Gasteiger partial charge in [0.2, 0.25) is 0 Å². The molecule has 0 saturated heterocycles. The molecular weight excluding hydrogens is 292 g/mol. The van der Waals surface area contributed by atoms with E-state index in [9.17, 15) is 5.11 Å². The molecule has 0 aliphatic heterocycles. The van der Waals surface area contributed by atoms with Crippen LogP contribution in [0.15, 0.2) is 47.6 Å². The lowest BCUT2D eigenvalue weighted by Gasteiger charge is -2.28. The van der Waals surface area contributed by atoms with E-state index in [2.05, 4.69) is 34.8 Å². The topological polar surface area (TPSA) is 45.1 Å².